The van der Waals surface area contributed by atoms with E-state index in [1.165, 1.54) is 17.6 Å². The number of para-hydroxylation sites is 1. The lowest BCUT2D eigenvalue weighted by atomic mass is 10.1. The minimum Gasteiger partial charge on any atom is -0.466 e. The van der Waals surface area contributed by atoms with Gasteiger partial charge in [-0.05, 0) is 12.1 Å². The van der Waals surface area contributed by atoms with Crippen molar-refractivity contribution >= 4 is 24.7 Å². The molecule has 2 aromatic heterocycles. The first-order valence-electron chi connectivity index (χ1n) is 8.85. The summed E-state index contributed by atoms with van der Waals surface area (Å²) < 4.78 is 27.0. The van der Waals surface area contributed by atoms with Crippen LogP contribution >= 0.6 is 7.82 Å². The predicted octanol–water partition coefficient (Wildman–Crippen LogP) is 1.93. The second kappa shape index (κ2) is 7.66. The highest BCUT2D eigenvalue weighted by Gasteiger charge is 2.26. The zero-order chi connectivity index (χ0) is 21.5. The Bertz CT molecular complexity index is 1260. The summed E-state index contributed by atoms with van der Waals surface area (Å²) in [7, 11) is -4.76. The molecule has 1 aliphatic heterocycles. The Balaban J connectivity index is 1.79. The number of hydrogen-bond acceptors (Lipinski definition) is 7. The van der Waals surface area contributed by atoms with Crippen molar-refractivity contribution in [3.8, 4) is 17.1 Å². The molecular weight excluding hydrogens is 415 g/mol. The van der Waals surface area contributed by atoms with Crippen LogP contribution in [-0.4, -0.2) is 32.1 Å². The van der Waals surface area contributed by atoms with E-state index >= 15 is 0 Å². The molecule has 0 spiro atoms. The number of ether oxygens (including phenoxy) is 2. The van der Waals surface area contributed by atoms with Crippen LogP contribution in [0.1, 0.15) is 18.1 Å². The summed E-state index contributed by atoms with van der Waals surface area (Å²) in [5, 5.41) is 0.934. The van der Waals surface area contributed by atoms with Crippen LogP contribution in [0.15, 0.2) is 41.2 Å². The van der Waals surface area contributed by atoms with Crippen LogP contribution in [0.4, 0.5) is 0 Å². The standard InChI is InChI=1S/C19H17N2O8P/c1-11(22)27-9-14-17(28-10-29-30(24,25)26)7-16-18-13(8-21(16)19(14)23)6-12-4-2-3-5-15(12)20-18/h2-7H,8-10H2,1H3,(H2,24,25,26). The SMILES string of the molecule is CC(=O)OCc1c(OCOP(=O)(O)O)cc2n(c1=O)Cc1cc3ccccc3nc1-2. The van der Waals surface area contributed by atoms with E-state index < -0.39 is 26.1 Å². The van der Waals surface area contributed by atoms with E-state index in [1.807, 2.05) is 30.3 Å². The molecule has 0 aliphatic carbocycles. The van der Waals surface area contributed by atoms with Crippen LogP contribution in [0.2, 0.25) is 0 Å². The molecule has 0 amide bonds. The Kier molecular flexibility index (Phi) is 5.17. The van der Waals surface area contributed by atoms with E-state index in [0.29, 0.717) is 11.4 Å². The molecule has 0 saturated heterocycles. The highest BCUT2D eigenvalue weighted by atomic mass is 31.2. The molecule has 4 rings (SSSR count). The number of hydrogen-bond donors (Lipinski definition) is 2. The lowest BCUT2D eigenvalue weighted by Crippen LogP contribution is -2.25. The minimum absolute atomic E-state index is 0.0104. The number of carbonyl (C=O) groups is 1. The molecule has 156 valence electrons. The zero-order valence-corrected chi connectivity index (χ0v) is 16.7. The van der Waals surface area contributed by atoms with Crippen LogP contribution in [0, 0.1) is 0 Å². The van der Waals surface area contributed by atoms with Gasteiger partial charge in [-0.1, -0.05) is 18.2 Å². The average Bonchev–Trinajstić information content (AvgIpc) is 3.02. The highest BCUT2D eigenvalue weighted by molar-refractivity contribution is 7.46. The molecule has 1 aromatic carbocycles. The molecule has 1 aliphatic rings. The molecule has 0 fully saturated rings. The normalized spacial score (nSPS) is 12.5. The molecular formula is C19H17N2O8P. The third-order valence-electron chi connectivity index (χ3n) is 4.59. The van der Waals surface area contributed by atoms with E-state index in [1.54, 1.807) is 0 Å². The van der Waals surface area contributed by atoms with Crippen molar-refractivity contribution in [2.45, 2.75) is 20.1 Å². The van der Waals surface area contributed by atoms with Gasteiger partial charge in [-0.15, -0.1) is 0 Å². The monoisotopic (exact) mass is 432 g/mol. The zero-order valence-electron chi connectivity index (χ0n) is 15.8. The van der Waals surface area contributed by atoms with Crippen molar-refractivity contribution in [2.24, 2.45) is 0 Å². The van der Waals surface area contributed by atoms with Gasteiger partial charge in [0.1, 0.15) is 12.4 Å². The van der Waals surface area contributed by atoms with Gasteiger partial charge in [0, 0.05) is 23.9 Å². The molecule has 0 saturated carbocycles. The molecule has 0 radical (unpaired) electrons. The van der Waals surface area contributed by atoms with E-state index in [9.17, 15) is 14.2 Å². The van der Waals surface area contributed by atoms with Gasteiger partial charge in [0.15, 0.2) is 6.79 Å². The second-order valence-corrected chi connectivity index (χ2v) is 7.85. The van der Waals surface area contributed by atoms with Gasteiger partial charge >= 0.3 is 13.8 Å². The molecule has 30 heavy (non-hydrogen) atoms. The number of nitrogens with zero attached hydrogens (tertiary/aromatic N) is 2. The Morgan fingerprint density at radius 3 is 2.77 bits per heavy atom. The third kappa shape index (κ3) is 3.99. The van der Waals surface area contributed by atoms with Crippen LogP contribution < -0.4 is 10.3 Å². The Morgan fingerprint density at radius 2 is 2.03 bits per heavy atom. The number of fused-ring (bicyclic) bond motifs is 4. The van der Waals surface area contributed by atoms with Gasteiger partial charge in [0.25, 0.3) is 5.56 Å². The van der Waals surface area contributed by atoms with Crippen molar-refractivity contribution in [2.75, 3.05) is 6.79 Å². The number of benzene rings is 1. The van der Waals surface area contributed by atoms with E-state index in [2.05, 4.69) is 9.51 Å². The topological polar surface area (TPSA) is 137 Å². The first kappa shape index (κ1) is 20.2. The fourth-order valence-electron chi connectivity index (χ4n) is 3.29. The molecule has 10 nitrogen and oxygen atoms in total. The number of esters is 1. The molecule has 11 heteroatoms. The van der Waals surface area contributed by atoms with Crippen molar-refractivity contribution < 1.29 is 33.1 Å². The molecule has 3 heterocycles. The first-order valence-corrected chi connectivity index (χ1v) is 10.4. The van der Waals surface area contributed by atoms with E-state index in [4.69, 9.17) is 19.3 Å². The number of carbonyl (C=O) groups excluding carboxylic acids is 1. The smallest absolute Gasteiger partial charge is 0.466 e. The molecule has 0 atom stereocenters. The van der Waals surface area contributed by atoms with Crippen molar-refractivity contribution in [1.82, 2.24) is 9.55 Å². The summed E-state index contributed by atoms with van der Waals surface area (Å²) in [6, 6.07) is 11.0. The number of phosphoric ester groups is 1. The third-order valence-corrected chi connectivity index (χ3v) is 5.03. The summed E-state index contributed by atoms with van der Waals surface area (Å²) in [6.07, 6.45) is 0. The Morgan fingerprint density at radius 1 is 1.27 bits per heavy atom. The van der Waals surface area contributed by atoms with Gasteiger partial charge in [-0.2, -0.15) is 0 Å². The quantitative estimate of drug-likeness (QED) is 0.266. The summed E-state index contributed by atoms with van der Waals surface area (Å²) in [4.78, 5) is 46.6. The summed E-state index contributed by atoms with van der Waals surface area (Å²) in [6.45, 7) is 0.338. The van der Waals surface area contributed by atoms with Crippen LogP contribution in [0.5, 0.6) is 5.75 Å². The number of pyridine rings is 2. The minimum atomic E-state index is -4.76. The lowest BCUT2D eigenvalue weighted by molar-refractivity contribution is -0.142. The maximum Gasteiger partial charge on any atom is 0.472 e. The second-order valence-electron chi connectivity index (χ2n) is 6.61. The maximum absolute atomic E-state index is 13.1. The number of phosphoric acid groups is 1. The summed E-state index contributed by atoms with van der Waals surface area (Å²) >= 11 is 0. The Labute approximate surface area is 169 Å². The Hall–Kier alpha value is -3.04. The van der Waals surface area contributed by atoms with Crippen LogP contribution in [0.25, 0.3) is 22.3 Å². The van der Waals surface area contributed by atoms with Crippen LogP contribution in [-0.2, 0) is 31.8 Å². The van der Waals surface area contributed by atoms with Crippen molar-refractivity contribution in [1.29, 1.82) is 0 Å². The van der Waals surface area contributed by atoms with E-state index in [0.717, 1.165) is 16.5 Å². The van der Waals surface area contributed by atoms with Gasteiger partial charge in [-0.3, -0.25) is 9.59 Å². The van der Waals surface area contributed by atoms with Crippen molar-refractivity contribution in [3.05, 3.63) is 57.9 Å². The summed E-state index contributed by atoms with van der Waals surface area (Å²) in [5.41, 5.74) is 2.26. The van der Waals surface area contributed by atoms with Gasteiger partial charge < -0.3 is 23.8 Å². The lowest BCUT2D eigenvalue weighted by Gasteiger charge is -2.14. The first-order chi connectivity index (χ1) is 14.2. The van der Waals surface area contributed by atoms with E-state index in [-0.39, 0.29) is 24.5 Å². The fourth-order valence-corrected chi connectivity index (χ4v) is 3.48. The highest BCUT2D eigenvalue weighted by Crippen LogP contribution is 2.37. The average molecular weight is 432 g/mol. The maximum atomic E-state index is 13.1. The molecule has 2 N–H and O–H groups in total. The summed E-state index contributed by atoms with van der Waals surface area (Å²) in [5.74, 6) is -0.600. The van der Waals surface area contributed by atoms with Crippen molar-refractivity contribution in [3.63, 3.8) is 0 Å². The molecule has 3 aromatic rings. The van der Waals surface area contributed by atoms with Crippen LogP contribution in [0.3, 0.4) is 0 Å². The fraction of sp³-hybridized carbons (Fsp3) is 0.211. The van der Waals surface area contributed by atoms with Gasteiger partial charge in [0.2, 0.25) is 0 Å². The number of rotatable bonds is 6. The largest absolute Gasteiger partial charge is 0.472 e. The number of aromatic nitrogens is 2. The van der Waals surface area contributed by atoms with Gasteiger partial charge in [0.05, 0.1) is 29.0 Å². The predicted molar refractivity (Wildman–Crippen MR) is 105 cm³/mol. The van der Waals surface area contributed by atoms with Gasteiger partial charge in [-0.25, -0.2) is 14.1 Å². The molecule has 0 unspecified atom stereocenters. The molecule has 0 bridgehead atoms.